The van der Waals surface area contributed by atoms with Gasteiger partial charge in [-0.1, -0.05) is 0 Å². The fourth-order valence-corrected chi connectivity index (χ4v) is 2.50. The van der Waals surface area contributed by atoms with E-state index in [-0.39, 0.29) is 5.54 Å². The van der Waals surface area contributed by atoms with Crippen molar-refractivity contribution >= 4 is 0 Å². The van der Waals surface area contributed by atoms with Crippen molar-refractivity contribution in [1.82, 2.24) is 5.32 Å². The molecule has 0 amide bonds. The molecule has 1 saturated heterocycles. The van der Waals surface area contributed by atoms with Crippen LogP contribution < -0.4 is 16.8 Å². The minimum absolute atomic E-state index is 0.0532. The minimum Gasteiger partial charge on any atom is -0.312 e. The Kier molecular flexibility index (Phi) is 1.35. The second kappa shape index (κ2) is 1.97. The van der Waals surface area contributed by atoms with E-state index < -0.39 is 5.66 Å². The summed E-state index contributed by atoms with van der Waals surface area (Å²) in [5, 5.41) is 3.46. The van der Waals surface area contributed by atoms with E-state index in [0.29, 0.717) is 0 Å². The van der Waals surface area contributed by atoms with Gasteiger partial charge in [-0.3, -0.25) is 0 Å². The lowest BCUT2D eigenvalue weighted by Gasteiger charge is -2.40. The molecule has 2 bridgehead atoms. The molecule has 0 aromatic rings. The first-order valence-electron chi connectivity index (χ1n) is 4.36. The fourth-order valence-electron chi connectivity index (χ4n) is 2.50. The van der Waals surface area contributed by atoms with E-state index in [1.165, 1.54) is 12.8 Å². The molecule has 3 heteroatoms. The van der Waals surface area contributed by atoms with Crippen molar-refractivity contribution in [2.75, 3.05) is 6.54 Å². The lowest BCUT2D eigenvalue weighted by molar-refractivity contribution is 0.213. The summed E-state index contributed by atoms with van der Waals surface area (Å²) in [6, 6.07) is 0. The van der Waals surface area contributed by atoms with Crippen molar-refractivity contribution < 1.29 is 0 Å². The van der Waals surface area contributed by atoms with E-state index in [0.717, 1.165) is 18.9 Å². The Morgan fingerprint density at radius 1 is 1.55 bits per heavy atom. The van der Waals surface area contributed by atoms with Gasteiger partial charge < -0.3 is 16.8 Å². The molecule has 2 rings (SSSR count). The molecule has 0 radical (unpaired) electrons. The number of hydrogen-bond acceptors (Lipinski definition) is 3. The standard InChI is InChI=1S/C8H17N3/c1-7(9,10)8-3-2-6(4-8)5-11-8/h6,11H,2-5,9-10H2,1H3. The number of hydrogen-bond donors (Lipinski definition) is 3. The number of nitrogens with two attached hydrogens (primary N) is 2. The largest absolute Gasteiger partial charge is 0.312 e. The average molecular weight is 155 g/mol. The van der Waals surface area contributed by atoms with Gasteiger partial charge >= 0.3 is 0 Å². The van der Waals surface area contributed by atoms with Gasteiger partial charge in [0.15, 0.2) is 0 Å². The Labute approximate surface area is 67.5 Å². The van der Waals surface area contributed by atoms with Crippen LogP contribution >= 0.6 is 0 Å². The normalized spacial score (nSPS) is 43.4. The van der Waals surface area contributed by atoms with Crippen molar-refractivity contribution in [3.05, 3.63) is 0 Å². The lowest BCUT2D eigenvalue weighted by Crippen LogP contribution is -2.68. The fraction of sp³-hybridized carbons (Fsp3) is 1.00. The van der Waals surface area contributed by atoms with E-state index in [1.807, 2.05) is 6.92 Å². The number of rotatable bonds is 1. The summed E-state index contributed by atoms with van der Waals surface area (Å²) in [5.41, 5.74) is 11.4. The van der Waals surface area contributed by atoms with Gasteiger partial charge in [0.25, 0.3) is 0 Å². The molecule has 11 heavy (non-hydrogen) atoms. The summed E-state index contributed by atoms with van der Waals surface area (Å²) in [5.74, 6) is 0.835. The molecule has 64 valence electrons. The molecular weight excluding hydrogens is 138 g/mol. The maximum atomic E-state index is 5.93. The van der Waals surface area contributed by atoms with E-state index in [9.17, 15) is 0 Å². The second-order valence-corrected chi connectivity index (χ2v) is 4.35. The van der Waals surface area contributed by atoms with E-state index >= 15 is 0 Å². The SMILES string of the molecule is CC(N)(N)C12CCC(CN1)C2. The zero-order valence-electron chi connectivity index (χ0n) is 7.06. The van der Waals surface area contributed by atoms with Gasteiger partial charge in [0.05, 0.1) is 5.66 Å². The van der Waals surface area contributed by atoms with Gasteiger partial charge in [0.2, 0.25) is 0 Å². The van der Waals surface area contributed by atoms with E-state index in [4.69, 9.17) is 11.5 Å². The summed E-state index contributed by atoms with van der Waals surface area (Å²) >= 11 is 0. The molecule has 1 saturated carbocycles. The summed E-state index contributed by atoms with van der Waals surface area (Å²) in [6.07, 6.45) is 3.63. The summed E-state index contributed by atoms with van der Waals surface area (Å²) in [7, 11) is 0. The topological polar surface area (TPSA) is 64.1 Å². The highest BCUT2D eigenvalue weighted by molar-refractivity contribution is 5.12. The predicted octanol–water partition coefficient (Wildman–Crippen LogP) is -0.238. The van der Waals surface area contributed by atoms with Crippen LogP contribution in [0.15, 0.2) is 0 Å². The third-order valence-electron chi connectivity index (χ3n) is 3.38. The lowest BCUT2D eigenvalue weighted by atomic mass is 9.86. The summed E-state index contributed by atoms with van der Waals surface area (Å²) in [6.45, 7) is 3.04. The van der Waals surface area contributed by atoms with Crippen LogP contribution in [0.3, 0.4) is 0 Å². The minimum atomic E-state index is -0.543. The third-order valence-corrected chi connectivity index (χ3v) is 3.38. The van der Waals surface area contributed by atoms with Crippen molar-refractivity contribution in [3.63, 3.8) is 0 Å². The van der Waals surface area contributed by atoms with Crippen LogP contribution in [0.4, 0.5) is 0 Å². The molecular formula is C8H17N3. The molecule has 0 aromatic carbocycles. The van der Waals surface area contributed by atoms with Crippen LogP contribution in [0.5, 0.6) is 0 Å². The van der Waals surface area contributed by atoms with Crippen molar-refractivity contribution in [1.29, 1.82) is 0 Å². The highest BCUT2D eigenvalue weighted by Gasteiger charge is 2.52. The molecule has 2 aliphatic rings. The monoisotopic (exact) mass is 155 g/mol. The first-order chi connectivity index (χ1) is 5.04. The van der Waals surface area contributed by atoms with Crippen LogP contribution in [0, 0.1) is 5.92 Å². The number of piperidine rings is 1. The predicted molar refractivity (Wildman–Crippen MR) is 44.9 cm³/mol. The van der Waals surface area contributed by atoms with Crippen LogP contribution in [0.1, 0.15) is 26.2 Å². The molecule has 2 atom stereocenters. The molecule has 1 aliphatic carbocycles. The smallest absolute Gasteiger partial charge is 0.0794 e. The Hall–Kier alpha value is -0.120. The van der Waals surface area contributed by atoms with Crippen molar-refractivity contribution in [2.24, 2.45) is 17.4 Å². The zero-order valence-corrected chi connectivity index (χ0v) is 7.06. The van der Waals surface area contributed by atoms with Gasteiger partial charge in [-0.25, -0.2) is 0 Å². The van der Waals surface area contributed by atoms with E-state index in [2.05, 4.69) is 5.32 Å². The van der Waals surface area contributed by atoms with Gasteiger partial charge in [0, 0.05) is 5.54 Å². The molecule has 1 aliphatic heterocycles. The average Bonchev–Trinajstić information content (AvgIpc) is 2.42. The Bertz CT molecular complexity index is 163. The van der Waals surface area contributed by atoms with Crippen LogP contribution in [0.25, 0.3) is 0 Å². The van der Waals surface area contributed by atoms with E-state index in [1.54, 1.807) is 0 Å². The molecule has 2 unspecified atom stereocenters. The maximum Gasteiger partial charge on any atom is 0.0794 e. The molecule has 0 aromatic heterocycles. The number of nitrogens with one attached hydrogen (secondary N) is 1. The highest BCUT2D eigenvalue weighted by atomic mass is 15.2. The van der Waals surface area contributed by atoms with Crippen molar-refractivity contribution in [3.8, 4) is 0 Å². The quantitative estimate of drug-likeness (QED) is 0.458. The van der Waals surface area contributed by atoms with Crippen LogP contribution in [-0.2, 0) is 0 Å². The van der Waals surface area contributed by atoms with Gasteiger partial charge in [-0.05, 0) is 38.6 Å². The first kappa shape index (κ1) is 7.53. The second-order valence-electron chi connectivity index (χ2n) is 4.35. The summed E-state index contributed by atoms with van der Waals surface area (Å²) in [4.78, 5) is 0. The molecule has 2 fully saturated rings. The van der Waals surface area contributed by atoms with Crippen LogP contribution in [0.2, 0.25) is 0 Å². The zero-order chi connectivity index (χ0) is 8.11. The molecule has 1 heterocycles. The molecule has 3 nitrogen and oxygen atoms in total. The van der Waals surface area contributed by atoms with Gasteiger partial charge in [-0.2, -0.15) is 0 Å². The number of fused-ring (bicyclic) bond motifs is 2. The van der Waals surface area contributed by atoms with Gasteiger partial charge in [0.1, 0.15) is 0 Å². The van der Waals surface area contributed by atoms with Crippen molar-refractivity contribution in [2.45, 2.75) is 37.4 Å². The third kappa shape index (κ3) is 0.916. The maximum absolute atomic E-state index is 5.93. The van der Waals surface area contributed by atoms with Crippen LogP contribution in [-0.4, -0.2) is 17.7 Å². The summed E-state index contributed by atoms with van der Waals surface area (Å²) < 4.78 is 0. The molecule has 0 spiro atoms. The Morgan fingerprint density at radius 3 is 2.45 bits per heavy atom. The molecule has 5 N–H and O–H groups in total. The Balaban J connectivity index is 2.23. The highest BCUT2D eigenvalue weighted by Crippen LogP contribution is 2.43. The van der Waals surface area contributed by atoms with Gasteiger partial charge in [-0.15, -0.1) is 0 Å². The first-order valence-corrected chi connectivity index (χ1v) is 4.36. The Morgan fingerprint density at radius 2 is 2.27 bits per heavy atom.